The van der Waals surface area contributed by atoms with E-state index in [0.717, 1.165) is 36.7 Å². The zero-order valence-corrected chi connectivity index (χ0v) is 12.6. The van der Waals surface area contributed by atoms with Crippen LogP contribution in [0, 0.1) is 12.8 Å². The van der Waals surface area contributed by atoms with Gasteiger partial charge in [-0.15, -0.1) is 0 Å². The molecular weight excluding hydrogens is 264 g/mol. The summed E-state index contributed by atoms with van der Waals surface area (Å²) in [5.41, 5.74) is 5.80. The van der Waals surface area contributed by atoms with Crippen molar-refractivity contribution in [3.63, 3.8) is 0 Å². The SMILES string of the molecule is COC(=O)CCC1CCc2c(nc3cccnc3c2C)C1. The van der Waals surface area contributed by atoms with Crippen molar-refractivity contribution in [2.24, 2.45) is 5.92 Å². The molecule has 3 rings (SSSR count). The van der Waals surface area contributed by atoms with Crippen LogP contribution >= 0.6 is 0 Å². The first-order valence-corrected chi connectivity index (χ1v) is 7.49. The standard InChI is InChI=1S/C17H20N2O2/c1-11-13-7-5-12(6-8-16(20)21-2)10-15(13)19-14-4-3-9-18-17(11)14/h3-4,9,12H,5-8,10H2,1-2H3. The van der Waals surface area contributed by atoms with Gasteiger partial charge in [0.1, 0.15) is 0 Å². The summed E-state index contributed by atoms with van der Waals surface area (Å²) in [5.74, 6) is 0.408. The molecule has 2 heterocycles. The van der Waals surface area contributed by atoms with Crippen molar-refractivity contribution in [2.75, 3.05) is 7.11 Å². The molecule has 21 heavy (non-hydrogen) atoms. The van der Waals surface area contributed by atoms with Crippen molar-refractivity contribution in [2.45, 2.75) is 39.0 Å². The second-order valence-electron chi connectivity index (χ2n) is 5.76. The Morgan fingerprint density at radius 3 is 3.14 bits per heavy atom. The summed E-state index contributed by atoms with van der Waals surface area (Å²) in [7, 11) is 1.45. The van der Waals surface area contributed by atoms with E-state index >= 15 is 0 Å². The van der Waals surface area contributed by atoms with E-state index in [0.29, 0.717) is 12.3 Å². The van der Waals surface area contributed by atoms with Gasteiger partial charge in [0.05, 0.1) is 18.1 Å². The first-order valence-electron chi connectivity index (χ1n) is 7.49. The molecule has 1 aliphatic carbocycles. The van der Waals surface area contributed by atoms with Gasteiger partial charge in [0.15, 0.2) is 0 Å². The van der Waals surface area contributed by atoms with Crippen molar-refractivity contribution in [3.8, 4) is 0 Å². The fourth-order valence-electron chi connectivity index (χ4n) is 3.24. The molecule has 0 aliphatic heterocycles. The maximum Gasteiger partial charge on any atom is 0.305 e. The van der Waals surface area contributed by atoms with E-state index in [2.05, 4.69) is 11.9 Å². The van der Waals surface area contributed by atoms with Gasteiger partial charge in [-0.3, -0.25) is 14.8 Å². The van der Waals surface area contributed by atoms with Crippen molar-refractivity contribution in [1.29, 1.82) is 0 Å². The third kappa shape index (κ3) is 2.75. The summed E-state index contributed by atoms with van der Waals surface area (Å²) in [4.78, 5) is 20.5. The molecule has 0 aromatic carbocycles. The fourth-order valence-corrected chi connectivity index (χ4v) is 3.24. The second kappa shape index (κ2) is 5.80. The number of hydrogen-bond donors (Lipinski definition) is 0. The zero-order chi connectivity index (χ0) is 14.8. The Balaban J connectivity index is 1.84. The lowest BCUT2D eigenvalue weighted by molar-refractivity contribution is -0.140. The molecule has 4 heteroatoms. The van der Waals surface area contributed by atoms with Crippen molar-refractivity contribution in [3.05, 3.63) is 35.2 Å². The Hall–Kier alpha value is -1.97. The summed E-state index contributed by atoms with van der Waals surface area (Å²) < 4.78 is 4.72. The van der Waals surface area contributed by atoms with Crippen LogP contribution in [0.4, 0.5) is 0 Å². The second-order valence-corrected chi connectivity index (χ2v) is 5.76. The van der Waals surface area contributed by atoms with Crippen molar-refractivity contribution < 1.29 is 9.53 Å². The minimum Gasteiger partial charge on any atom is -0.469 e. The van der Waals surface area contributed by atoms with Crippen molar-refractivity contribution >= 4 is 17.0 Å². The Kier molecular flexibility index (Phi) is 3.86. The van der Waals surface area contributed by atoms with E-state index in [-0.39, 0.29) is 5.97 Å². The smallest absolute Gasteiger partial charge is 0.305 e. The minimum atomic E-state index is -0.118. The van der Waals surface area contributed by atoms with Crippen LogP contribution < -0.4 is 0 Å². The quantitative estimate of drug-likeness (QED) is 0.813. The monoisotopic (exact) mass is 284 g/mol. The van der Waals surface area contributed by atoms with Gasteiger partial charge in [-0.2, -0.15) is 0 Å². The molecule has 4 nitrogen and oxygen atoms in total. The fraction of sp³-hybridized carbons (Fsp3) is 0.471. The molecule has 0 saturated heterocycles. The van der Waals surface area contributed by atoms with E-state index in [1.165, 1.54) is 23.9 Å². The molecule has 0 N–H and O–H groups in total. The van der Waals surface area contributed by atoms with E-state index in [9.17, 15) is 4.79 Å². The maximum absolute atomic E-state index is 11.3. The molecule has 1 aliphatic rings. The van der Waals surface area contributed by atoms with E-state index < -0.39 is 0 Å². The summed E-state index contributed by atoms with van der Waals surface area (Å²) in [6, 6.07) is 3.95. The molecule has 0 fully saturated rings. The molecular formula is C17H20N2O2. The summed E-state index contributed by atoms with van der Waals surface area (Å²) in [6.07, 6.45) is 6.32. The molecule has 1 atom stereocenters. The van der Waals surface area contributed by atoms with Crippen LogP contribution in [0.25, 0.3) is 11.0 Å². The topological polar surface area (TPSA) is 52.1 Å². The third-order valence-electron chi connectivity index (χ3n) is 4.47. The Labute approximate surface area is 124 Å². The van der Waals surface area contributed by atoms with Gasteiger partial charge < -0.3 is 4.74 Å². The molecule has 0 saturated carbocycles. The van der Waals surface area contributed by atoms with E-state index in [1.54, 1.807) is 0 Å². The van der Waals surface area contributed by atoms with Gasteiger partial charge in [-0.25, -0.2) is 0 Å². The van der Waals surface area contributed by atoms with E-state index in [1.807, 2.05) is 18.3 Å². The van der Waals surface area contributed by atoms with Gasteiger partial charge >= 0.3 is 5.97 Å². The summed E-state index contributed by atoms with van der Waals surface area (Å²) >= 11 is 0. The van der Waals surface area contributed by atoms with Crippen LogP contribution in [0.2, 0.25) is 0 Å². The molecule has 0 radical (unpaired) electrons. The summed E-state index contributed by atoms with van der Waals surface area (Å²) in [6.45, 7) is 2.14. The lowest BCUT2D eigenvalue weighted by Crippen LogP contribution is -2.18. The highest BCUT2D eigenvalue weighted by Gasteiger charge is 2.23. The normalized spacial score (nSPS) is 17.5. The predicted molar refractivity (Wildman–Crippen MR) is 81.0 cm³/mol. The van der Waals surface area contributed by atoms with Gasteiger partial charge in [0.2, 0.25) is 0 Å². The predicted octanol–water partition coefficient (Wildman–Crippen LogP) is 3.00. The lowest BCUT2D eigenvalue weighted by Gasteiger charge is -2.25. The van der Waals surface area contributed by atoms with Crippen LogP contribution in [0.1, 0.15) is 36.1 Å². The van der Waals surface area contributed by atoms with Crippen LogP contribution in [-0.2, 0) is 22.4 Å². The number of carbonyl (C=O) groups excluding carboxylic acids is 1. The summed E-state index contributed by atoms with van der Waals surface area (Å²) in [5, 5.41) is 0. The zero-order valence-electron chi connectivity index (χ0n) is 12.6. The number of nitrogens with zero attached hydrogens (tertiary/aromatic N) is 2. The molecule has 0 bridgehead atoms. The van der Waals surface area contributed by atoms with Crippen LogP contribution in [0.5, 0.6) is 0 Å². The number of aromatic nitrogens is 2. The number of rotatable bonds is 3. The molecule has 2 aromatic heterocycles. The first-order chi connectivity index (χ1) is 10.2. The number of hydrogen-bond acceptors (Lipinski definition) is 4. The average molecular weight is 284 g/mol. The Morgan fingerprint density at radius 2 is 2.33 bits per heavy atom. The van der Waals surface area contributed by atoms with Gasteiger partial charge in [-0.05, 0) is 61.8 Å². The molecule has 1 unspecified atom stereocenters. The number of ether oxygens (including phenoxy) is 1. The number of methoxy groups -OCH3 is 1. The van der Waals surface area contributed by atoms with Gasteiger partial charge in [0.25, 0.3) is 0 Å². The van der Waals surface area contributed by atoms with Gasteiger partial charge in [-0.1, -0.05) is 0 Å². The Bertz CT molecular complexity index is 682. The highest BCUT2D eigenvalue weighted by molar-refractivity contribution is 5.79. The van der Waals surface area contributed by atoms with Crippen LogP contribution in [0.15, 0.2) is 18.3 Å². The molecule has 2 aromatic rings. The number of pyridine rings is 2. The average Bonchev–Trinajstić information content (AvgIpc) is 2.52. The largest absolute Gasteiger partial charge is 0.469 e. The van der Waals surface area contributed by atoms with Crippen molar-refractivity contribution in [1.82, 2.24) is 9.97 Å². The number of esters is 1. The number of carbonyl (C=O) groups is 1. The van der Waals surface area contributed by atoms with Crippen LogP contribution in [0.3, 0.4) is 0 Å². The highest BCUT2D eigenvalue weighted by atomic mass is 16.5. The Morgan fingerprint density at radius 1 is 1.48 bits per heavy atom. The highest BCUT2D eigenvalue weighted by Crippen LogP contribution is 2.31. The number of aryl methyl sites for hydroxylation is 1. The lowest BCUT2D eigenvalue weighted by atomic mass is 9.82. The van der Waals surface area contributed by atoms with Crippen LogP contribution in [-0.4, -0.2) is 23.0 Å². The van der Waals surface area contributed by atoms with E-state index in [4.69, 9.17) is 9.72 Å². The minimum absolute atomic E-state index is 0.118. The molecule has 0 amide bonds. The molecule has 110 valence electrons. The maximum atomic E-state index is 11.3. The van der Waals surface area contributed by atoms with Gasteiger partial charge in [0, 0.05) is 18.3 Å². The first kappa shape index (κ1) is 14.0. The third-order valence-corrected chi connectivity index (χ3v) is 4.47. The number of fused-ring (bicyclic) bond motifs is 2. The molecule has 0 spiro atoms.